The molecule has 0 fully saturated rings. The minimum Gasteiger partial charge on any atom is -0.506 e. The second-order valence-electron chi connectivity index (χ2n) is 4.50. The van der Waals surface area contributed by atoms with Crippen molar-refractivity contribution in [3.63, 3.8) is 0 Å². The van der Waals surface area contributed by atoms with Gasteiger partial charge in [-0.2, -0.15) is 0 Å². The fourth-order valence-corrected chi connectivity index (χ4v) is 2.36. The summed E-state index contributed by atoms with van der Waals surface area (Å²) in [5.74, 6) is 0.658. The third-order valence-electron chi connectivity index (χ3n) is 3.19. The van der Waals surface area contributed by atoms with E-state index in [0.717, 1.165) is 24.1 Å². The van der Waals surface area contributed by atoms with E-state index in [1.54, 1.807) is 18.3 Å². The molecule has 2 aromatic rings. The molecule has 19 heavy (non-hydrogen) atoms. The summed E-state index contributed by atoms with van der Waals surface area (Å²) >= 11 is 5.87. The van der Waals surface area contributed by atoms with Crippen LogP contribution in [0.25, 0.3) is 11.4 Å². The molecule has 0 saturated heterocycles. The highest BCUT2D eigenvalue weighted by molar-refractivity contribution is 6.32. The normalized spacial score (nSPS) is 14.3. The van der Waals surface area contributed by atoms with Crippen LogP contribution in [0.1, 0.15) is 28.9 Å². The highest BCUT2D eigenvalue weighted by Gasteiger charge is 2.19. The number of aromatic hydroxyl groups is 1. The minimum absolute atomic E-state index is 0.0264. The second kappa shape index (κ2) is 4.63. The van der Waals surface area contributed by atoms with Crippen LogP contribution in [0.5, 0.6) is 5.75 Å². The van der Waals surface area contributed by atoms with Gasteiger partial charge < -0.3 is 5.11 Å². The highest BCUT2D eigenvalue weighted by atomic mass is 35.5. The van der Waals surface area contributed by atoms with Crippen molar-refractivity contribution in [1.82, 2.24) is 9.97 Å². The lowest BCUT2D eigenvalue weighted by Crippen LogP contribution is -2.13. The molecule has 1 aliphatic carbocycles. The fourth-order valence-electron chi connectivity index (χ4n) is 2.18. The molecule has 0 spiro atoms. The average molecular weight is 275 g/mol. The van der Waals surface area contributed by atoms with Gasteiger partial charge in [-0.25, -0.2) is 9.97 Å². The zero-order valence-corrected chi connectivity index (χ0v) is 10.8. The van der Waals surface area contributed by atoms with Crippen LogP contribution in [0.2, 0.25) is 5.02 Å². The summed E-state index contributed by atoms with van der Waals surface area (Å²) in [7, 11) is 0. The molecule has 0 saturated carbocycles. The predicted octanol–water partition coefficient (Wildman–Crippen LogP) is 3.02. The first-order valence-electron chi connectivity index (χ1n) is 6.03. The van der Waals surface area contributed by atoms with Gasteiger partial charge in [0.2, 0.25) is 0 Å². The monoisotopic (exact) mass is 274 g/mol. The number of phenolic OH excluding ortho intramolecular Hbond substituents is 1. The quantitative estimate of drug-likeness (QED) is 0.868. The van der Waals surface area contributed by atoms with Crippen molar-refractivity contribution in [2.75, 3.05) is 0 Å². The Labute approximate surface area is 115 Å². The highest BCUT2D eigenvalue weighted by Crippen LogP contribution is 2.28. The van der Waals surface area contributed by atoms with Gasteiger partial charge in [-0.05, 0) is 31.0 Å². The van der Waals surface area contributed by atoms with Gasteiger partial charge in [-0.15, -0.1) is 0 Å². The van der Waals surface area contributed by atoms with Gasteiger partial charge in [-0.1, -0.05) is 11.6 Å². The van der Waals surface area contributed by atoms with E-state index in [9.17, 15) is 9.90 Å². The number of benzene rings is 1. The van der Waals surface area contributed by atoms with Crippen LogP contribution in [0.4, 0.5) is 0 Å². The van der Waals surface area contributed by atoms with Gasteiger partial charge in [-0.3, -0.25) is 4.79 Å². The molecule has 1 aromatic heterocycles. The number of carbonyl (C=O) groups is 1. The number of rotatable bonds is 1. The van der Waals surface area contributed by atoms with E-state index in [1.165, 1.54) is 6.07 Å². The molecule has 4 nitrogen and oxygen atoms in total. The average Bonchev–Trinajstić information content (AvgIpc) is 2.42. The van der Waals surface area contributed by atoms with E-state index in [0.29, 0.717) is 17.8 Å². The summed E-state index contributed by atoms with van der Waals surface area (Å²) in [4.78, 5) is 20.3. The first-order chi connectivity index (χ1) is 9.15. The molecule has 1 N–H and O–H groups in total. The first-order valence-corrected chi connectivity index (χ1v) is 6.41. The molecule has 1 aliphatic rings. The maximum atomic E-state index is 11.7. The summed E-state index contributed by atoms with van der Waals surface area (Å²) in [6, 6.07) is 4.82. The van der Waals surface area contributed by atoms with Crippen LogP contribution < -0.4 is 0 Å². The van der Waals surface area contributed by atoms with Gasteiger partial charge in [0.1, 0.15) is 5.75 Å². The van der Waals surface area contributed by atoms with Crippen molar-refractivity contribution in [1.29, 1.82) is 0 Å². The molecule has 5 heteroatoms. The van der Waals surface area contributed by atoms with Crippen molar-refractivity contribution >= 4 is 17.4 Å². The molecule has 0 unspecified atom stereocenters. The minimum atomic E-state index is 0.0264. The molecule has 96 valence electrons. The Morgan fingerprint density at radius 2 is 2.11 bits per heavy atom. The number of Topliss-reactive ketones (excluding diaryl/α,β-unsaturated/α-hetero) is 1. The first kappa shape index (κ1) is 12.1. The van der Waals surface area contributed by atoms with Crippen LogP contribution in [-0.2, 0) is 6.42 Å². The Morgan fingerprint density at radius 3 is 2.89 bits per heavy atom. The maximum Gasteiger partial charge on any atom is 0.166 e. The van der Waals surface area contributed by atoms with Crippen molar-refractivity contribution < 1.29 is 9.90 Å². The molecule has 0 amide bonds. The number of nitrogens with zero attached hydrogens (tertiary/aromatic N) is 2. The number of halogens is 1. The maximum absolute atomic E-state index is 11.7. The number of aryl methyl sites for hydroxylation is 1. The van der Waals surface area contributed by atoms with Crippen molar-refractivity contribution in [3.8, 4) is 17.1 Å². The van der Waals surface area contributed by atoms with Crippen LogP contribution in [0, 0.1) is 0 Å². The van der Waals surface area contributed by atoms with Gasteiger partial charge in [0.15, 0.2) is 11.6 Å². The molecule has 1 aromatic carbocycles. The van der Waals surface area contributed by atoms with Gasteiger partial charge in [0.25, 0.3) is 0 Å². The fraction of sp³-hybridized carbons (Fsp3) is 0.214. The second-order valence-corrected chi connectivity index (χ2v) is 4.90. The third kappa shape index (κ3) is 2.19. The summed E-state index contributed by atoms with van der Waals surface area (Å²) in [6.07, 6.45) is 3.78. The number of hydrogen-bond donors (Lipinski definition) is 1. The van der Waals surface area contributed by atoms with Crippen molar-refractivity contribution in [3.05, 3.63) is 40.7 Å². The number of phenols is 1. The number of hydrogen-bond acceptors (Lipinski definition) is 4. The summed E-state index contributed by atoms with van der Waals surface area (Å²) in [6.45, 7) is 0. The van der Waals surface area contributed by atoms with E-state index in [1.807, 2.05) is 0 Å². The Kier molecular flexibility index (Phi) is 2.95. The third-order valence-corrected chi connectivity index (χ3v) is 3.49. The summed E-state index contributed by atoms with van der Waals surface area (Å²) < 4.78 is 0. The number of ketones is 1. The topological polar surface area (TPSA) is 63.1 Å². The van der Waals surface area contributed by atoms with Gasteiger partial charge in [0.05, 0.1) is 16.3 Å². The number of aromatic nitrogens is 2. The van der Waals surface area contributed by atoms with Gasteiger partial charge >= 0.3 is 0 Å². The standard InChI is InChI=1S/C14H11ClN2O2/c15-10-6-8(4-5-13(10)19)14-16-7-9-11(17-14)2-1-3-12(9)18/h4-7,19H,1-3H2. The molecule has 0 aliphatic heterocycles. The van der Waals surface area contributed by atoms with Crippen molar-refractivity contribution in [2.45, 2.75) is 19.3 Å². The molecule has 0 radical (unpaired) electrons. The molecule has 0 bridgehead atoms. The van der Waals surface area contributed by atoms with E-state index in [2.05, 4.69) is 9.97 Å². The van der Waals surface area contributed by atoms with Crippen molar-refractivity contribution in [2.24, 2.45) is 0 Å². The molecule has 1 heterocycles. The Balaban J connectivity index is 2.06. The van der Waals surface area contributed by atoms with E-state index >= 15 is 0 Å². The number of fused-ring (bicyclic) bond motifs is 1. The lowest BCUT2D eigenvalue weighted by atomic mass is 9.96. The van der Waals surface area contributed by atoms with Crippen LogP contribution >= 0.6 is 11.6 Å². The zero-order valence-electron chi connectivity index (χ0n) is 10.1. The molecule has 0 atom stereocenters. The Hall–Kier alpha value is -1.94. The molecule has 3 rings (SSSR count). The lowest BCUT2D eigenvalue weighted by Gasteiger charge is -2.13. The summed E-state index contributed by atoms with van der Waals surface area (Å²) in [5.41, 5.74) is 2.15. The van der Waals surface area contributed by atoms with E-state index in [4.69, 9.17) is 11.6 Å². The van der Waals surface area contributed by atoms with E-state index in [-0.39, 0.29) is 16.6 Å². The summed E-state index contributed by atoms with van der Waals surface area (Å²) in [5, 5.41) is 9.66. The Bertz CT molecular complexity index is 670. The van der Waals surface area contributed by atoms with Gasteiger partial charge in [0, 0.05) is 18.2 Å². The zero-order chi connectivity index (χ0) is 13.4. The smallest absolute Gasteiger partial charge is 0.166 e. The SMILES string of the molecule is O=C1CCCc2nc(-c3ccc(O)c(Cl)c3)ncc21. The van der Waals surface area contributed by atoms with Crippen LogP contribution in [0.3, 0.4) is 0 Å². The molecular weight excluding hydrogens is 264 g/mol. The van der Waals surface area contributed by atoms with E-state index < -0.39 is 0 Å². The lowest BCUT2D eigenvalue weighted by molar-refractivity contribution is 0.0971. The largest absolute Gasteiger partial charge is 0.506 e. The van der Waals surface area contributed by atoms with Crippen LogP contribution in [-0.4, -0.2) is 20.9 Å². The molecular formula is C14H11ClN2O2. The van der Waals surface area contributed by atoms with Crippen LogP contribution in [0.15, 0.2) is 24.4 Å². The Morgan fingerprint density at radius 1 is 1.26 bits per heavy atom. The predicted molar refractivity (Wildman–Crippen MR) is 71.4 cm³/mol. The number of carbonyl (C=O) groups excluding carboxylic acids is 1.